The summed E-state index contributed by atoms with van der Waals surface area (Å²) in [5.74, 6) is -0.491. The number of aromatic nitrogens is 4. The Morgan fingerprint density at radius 1 is 1.33 bits per heavy atom. The van der Waals surface area contributed by atoms with Crippen molar-refractivity contribution in [2.24, 2.45) is 0 Å². The maximum Gasteiger partial charge on any atom is 0.433 e. The molecule has 0 atom stereocenters. The molecule has 6 nitrogen and oxygen atoms in total. The van der Waals surface area contributed by atoms with Crippen molar-refractivity contribution in [3.63, 3.8) is 0 Å². The Kier molecular flexibility index (Phi) is 4.02. The van der Waals surface area contributed by atoms with Gasteiger partial charge in [0.25, 0.3) is 0 Å². The van der Waals surface area contributed by atoms with E-state index in [1.54, 1.807) is 0 Å². The van der Waals surface area contributed by atoms with Gasteiger partial charge in [-0.25, -0.2) is 17.8 Å². The van der Waals surface area contributed by atoms with Gasteiger partial charge in [0, 0.05) is 0 Å². The number of sulfone groups is 1. The number of imidazole rings is 1. The second-order valence-corrected chi connectivity index (χ2v) is 6.36. The predicted molar refractivity (Wildman–Crippen MR) is 65.5 cm³/mol. The van der Waals surface area contributed by atoms with E-state index in [2.05, 4.69) is 31.1 Å². The van der Waals surface area contributed by atoms with Crippen LogP contribution in [0.2, 0.25) is 0 Å². The smallest absolute Gasteiger partial charge is 0.332 e. The van der Waals surface area contributed by atoms with Gasteiger partial charge in [-0.1, -0.05) is 0 Å². The van der Waals surface area contributed by atoms with Crippen molar-refractivity contribution in [1.29, 1.82) is 0 Å². The van der Waals surface area contributed by atoms with Crippen LogP contribution in [-0.4, -0.2) is 34.6 Å². The van der Waals surface area contributed by atoms with Gasteiger partial charge >= 0.3 is 6.18 Å². The minimum absolute atomic E-state index is 0.491. The Labute approximate surface area is 123 Å². The number of H-pyrrole nitrogens is 1. The maximum absolute atomic E-state index is 12.7. The van der Waals surface area contributed by atoms with E-state index in [1.807, 2.05) is 4.98 Å². The van der Waals surface area contributed by atoms with Crippen LogP contribution in [0.4, 0.5) is 17.6 Å². The van der Waals surface area contributed by atoms with Crippen LogP contribution in [0, 0.1) is 0 Å². The molecule has 0 saturated carbocycles. The molecule has 0 aliphatic carbocycles. The number of hydrogen-bond acceptors (Lipinski definition) is 5. The monoisotopic (exact) mass is 388 g/mol. The van der Waals surface area contributed by atoms with Gasteiger partial charge in [0.2, 0.25) is 9.84 Å². The van der Waals surface area contributed by atoms with E-state index in [-0.39, 0.29) is 0 Å². The van der Waals surface area contributed by atoms with E-state index in [0.717, 1.165) is 12.3 Å². The van der Waals surface area contributed by atoms with Crippen LogP contribution in [-0.2, 0) is 16.0 Å². The second-order valence-electron chi connectivity index (χ2n) is 3.72. The van der Waals surface area contributed by atoms with Crippen LogP contribution in [0.3, 0.4) is 0 Å². The first-order chi connectivity index (χ1) is 9.66. The summed E-state index contributed by atoms with van der Waals surface area (Å²) in [6.07, 6.45) is -3.75. The molecule has 2 aromatic heterocycles. The molecule has 114 valence electrons. The predicted octanol–water partition coefficient (Wildman–Crippen LogP) is 2.35. The first-order valence-corrected chi connectivity index (χ1v) is 7.55. The van der Waals surface area contributed by atoms with Crippen LogP contribution in [0.5, 0.6) is 0 Å². The Morgan fingerprint density at radius 3 is 2.52 bits per heavy atom. The number of nitrogens with one attached hydrogen (secondary N) is 1. The summed E-state index contributed by atoms with van der Waals surface area (Å²) < 4.78 is 73.1. The van der Waals surface area contributed by atoms with E-state index in [1.165, 1.54) is 0 Å². The number of rotatable bonds is 3. The van der Waals surface area contributed by atoms with Gasteiger partial charge in [-0.15, -0.1) is 5.10 Å². The third-order valence-corrected chi connectivity index (χ3v) is 4.19. The summed E-state index contributed by atoms with van der Waals surface area (Å²) in [5, 5.41) is 6.80. The molecule has 12 heteroatoms. The molecule has 1 N–H and O–H groups in total. The molecule has 0 saturated heterocycles. The summed E-state index contributed by atoms with van der Waals surface area (Å²) in [7, 11) is -4.34. The summed E-state index contributed by atoms with van der Waals surface area (Å²) >= 11 is 2.61. The van der Waals surface area contributed by atoms with E-state index in [4.69, 9.17) is 0 Å². The Balaban J connectivity index is 2.65. The first-order valence-electron chi connectivity index (χ1n) is 5.10. The number of aromatic amines is 1. The maximum atomic E-state index is 12.7. The van der Waals surface area contributed by atoms with Gasteiger partial charge < -0.3 is 4.98 Å². The van der Waals surface area contributed by atoms with Crippen LogP contribution < -0.4 is 0 Å². The molecule has 0 aliphatic heterocycles. The summed E-state index contributed by atoms with van der Waals surface area (Å²) in [5.41, 5.74) is -1.71. The average Bonchev–Trinajstić information content (AvgIpc) is 2.81. The molecule has 0 spiro atoms. The first kappa shape index (κ1) is 15.8. The highest BCUT2D eigenvalue weighted by Gasteiger charge is 2.37. The van der Waals surface area contributed by atoms with Gasteiger partial charge in [-0.3, -0.25) is 0 Å². The molecule has 2 heterocycles. The van der Waals surface area contributed by atoms with Crippen LogP contribution in [0.25, 0.3) is 11.5 Å². The summed E-state index contributed by atoms with van der Waals surface area (Å²) in [6, 6.07) is -0.791. The molecule has 2 aromatic rings. The Bertz CT molecular complexity index is 774. The summed E-state index contributed by atoms with van der Waals surface area (Å²) in [4.78, 5) is 4.81. The number of nitrogens with zero attached hydrogens (tertiary/aromatic N) is 3. The van der Waals surface area contributed by atoms with Crippen molar-refractivity contribution in [3.8, 4) is 11.5 Å². The van der Waals surface area contributed by atoms with Gasteiger partial charge in [-0.05, 0) is 22.0 Å². The van der Waals surface area contributed by atoms with Gasteiger partial charge in [0.15, 0.2) is 17.5 Å². The normalized spacial score (nSPS) is 12.6. The molecule has 21 heavy (non-hydrogen) atoms. The van der Waals surface area contributed by atoms with Crippen LogP contribution in [0.15, 0.2) is 21.8 Å². The minimum Gasteiger partial charge on any atom is -0.332 e. The van der Waals surface area contributed by atoms with E-state index in [0.29, 0.717) is 0 Å². The standard InChI is InChI=1S/C9H5BrF4N4O2S/c10-7-6(9(12,13)14)16-8(17-7)5-4(1-2-15-18-5)21(19,20)3-11/h1-2H,3H2,(H,16,17). The quantitative estimate of drug-likeness (QED) is 0.815. The lowest BCUT2D eigenvalue weighted by Crippen LogP contribution is -2.08. The van der Waals surface area contributed by atoms with Crippen LogP contribution >= 0.6 is 15.9 Å². The molecule has 0 aliphatic rings. The highest BCUT2D eigenvalue weighted by molar-refractivity contribution is 9.10. The molecule has 0 fully saturated rings. The lowest BCUT2D eigenvalue weighted by atomic mass is 10.4. The SMILES string of the molecule is O=S(=O)(CF)c1ccnnc1-c1nc(Br)c(C(F)(F)F)[nH]1. The lowest BCUT2D eigenvalue weighted by molar-refractivity contribution is -0.141. The van der Waals surface area contributed by atoms with Crippen molar-refractivity contribution in [3.05, 3.63) is 22.6 Å². The van der Waals surface area contributed by atoms with Gasteiger partial charge in [0.1, 0.15) is 15.2 Å². The molecule has 0 bridgehead atoms. The lowest BCUT2D eigenvalue weighted by Gasteiger charge is -2.04. The van der Waals surface area contributed by atoms with Crippen molar-refractivity contribution in [2.45, 2.75) is 11.1 Å². The van der Waals surface area contributed by atoms with E-state index < -0.39 is 48.7 Å². The topological polar surface area (TPSA) is 88.6 Å². The third-order valence-electron chi connectivity index (χ3n) is 2.33. The van der Waals surface area contributed by atoms with Crippen molar-refractivity contribution < 1.29 is 26.0 Å². The van der Waals surface area contributed by atoms with Crippen molar-refractivity contribution in [2.75, 3.05) is 6.01 Å². The number of alkyl halides is 4. The molecule has 0 amide bonds. The molecule has 0 aromatic carbocycles. The van der Waals surface area contributed by atoms with Crippen molar-refractivity contribution in [1.82, 2.24) is 20.2 Å². The van der Waals surface area contributed by atoms with Crippen LogP contribution in [0.1, 0.15) is 5.69 Å². The van der Waals surface area contributed by atoms with Gasteiger partial charge in [0.05, 0.1) is 6.20 Å². The molecule has 0 unspecified atom stereocenters. The fourth-order valence-corrected chi connectivity index (χ4v) is 2.77. The molecule has 2 rings (SSSR count). The largest absolute Gasteiger partial charge is 0.433 e. The number of halogens is 5. The fraction of sp³-hybridized carbons (Fsp3) is 0.222. The second kappa shape index (κ2) is 5.33. The van der Waals surface area contributed by atoms with E-state index >= 15 is 0 Å². The highest BCUT2D eigenvalue weighted by Crippen LogP contribution is 2.35. The zero-order valence-electron chi connectivity index (χ0n) is 9.82. The molecule has 0 radical (unpaired) electrons. The third kappa shape index (κ3) is 3.05. The molecular weight excluding hydrogens is 384 g/mol. The van der Waals surface area contributed by atoms with E-state index in [9.17, 15) is 26.0 Å². The highest BCUT2D eigenvalue weighted by atomic mass is 79.9. The zero-order valence-corrected chi connectivity index (χ0v) is 12.2. The Hall–Kier alpha value is -1.56. The fourth-order valence-electron chi connectivity index (χ4n) is 1.45. The zero-order chi connectivity index (χ0) is 15.8. The van der Waals surface area contributed by atoms with Gasteiger partial charge in [-0.2, -0.15) is 18.3 Å². The number of hydrogen-bond donors (Lipinski definition) is 1. The average molecular weight is 389 g/mol. The Morgan fingerprint density at radius 2 is 2.00 bits per heavy atom. The van der Waals surface area contributed by atoms with Crippen molar-refractivity contribution >= 4 is 25.8 Å². The summed E-state index contributed by atoms with van der Waals surface area (Å²) in [6.45, 7) is 0. The minimum atomic E-state index is -4.73. The molecular formula is C9H5BrF4N4O2S.